The fourth-order valence-corrected chi connectivity index (χ4v) is 1.17. The van der Waals surface area contributed by atoms with Gasteiger partial charge in [-0.25, -0.2) is 4.99 Å². The lowest BCUT2D eigenvalue weighted by Crippen LogP contribution is -2.28. The number of alkyl halides is 6. The Kier molecular flexibility index (Phi) is 4.03. The fourth-order valence-electron chi connectivity index (χ4n) is 1.17. The van der Waals surface area contributed by atoms with Crippen LogP contribution in [0.2, 0.25) is 0 Å². The number of aliphatic imine (C=N–C) groups is 1. The molecule has 0 spiro atoms. The van der Waals surface area contributed by atoms with Gasteiger partial charge in [0.25, 0.3) is 0 Å². The molecule has 0 saturated heterocycles. The first-order valence-corrected chi connectivity index (χ1v) is 4.86. The van der Waals surface area contributed by atoms with E-state index in [9.17, 15) is 26.3 Å². The summed E-state index contributed by atoms with van der Waals surface area (Å²) in [7, 11) is 0. The molecule has 0 unspecified atom stereocenters. The molecule has 1 aromatic carbocycles. The highest BCUT2D eigenvalue weighted by atomic mass is 19.4. The molecule has 1 aromatic rings. The molecule has 0 heterocycles. The van der Waals surface area contributed by atoms with Gasteiger partial charge in [-0.05, 0) is 19.1 Å². The number of hydrogen-bond donors (Lipinski definition) is 0. The average Bonchev–Trinajstić information content (AvgIpc) is 2.17. The Morgan fingerprint density at radius 1 is 1.00 bits per heavy atom. The predicted molar refractivity (Wildman–Crippen MR) is 55.0 cm³/mol. The highest BCUT2D eigenvalue weighted by molar-refractivity contribution is 5.92. The Morgan fingerprint density at radius 3 is 1.89 bits per heavy atom. The van der Waals surface area contributed by atoms with Crippen molar-refractivity contribution >= 4 is 11.4 Å². The molecule has 1 nitrogen and oxygen atoms in total. The van der Waals surface area contributed by atoms with E-state index in [4.69, 9.17) is 0 Å². The van der Waals surface area contributed by atoms with E-state index in [1.54, 1.807) is 6.92 Å². The Hall–Kier alpha value is -1.53. The van der Waals surface area contributed by atoms with E-state index in [1.807, 2.05) is 0 Å². The lowest BCUT2D eigenvalue weighted by Gasteiger charge is -2.12. The van der Waals surface area contributed by atoms with Gasteiger partial charge in [-0.1, -0.05) is 17.7 Å². The van der Waals surface area contributed by atoms with E-state index in [-0.39, 0.29) is 5.69 Å². The van der Waals surface area contributed by atoms with E-state index < -0.39 is 24.5 Å². The van der Waals surface area contributed by atoms with E-state index in [2.05, 4.69) is 4.99 Å². The van der Waals surface area contributed by atoms with Gasteiger partial charge in [-0.15, -0.1) is 0 Å². The number of halogens is 6. The summed E-state index contributed by atoms with van der Waals surface area (Å²) in [5.41, 5.74) is -1.23. The van der Waals surface area contributed by atoms with E-state index in [1.165, 1.54) is 24.3 Å². The van der Waals surface area contributed by atoms with Crippen LogP contribution in [0.25, 0.3) is 0 Å². The molecule has 18 heavy (non-hydrogen) atoms. The van der Waals surface area contributed by atoms with Crippen molar-refractivity contribution in [1.29, 1.82) is 0 Å². The van der Waals surface area contributed by atoms with Crippen LogP contribution in [-0.2, 0) is 0 Å². The van der Waals surface area contributed by atoms with Crippen molar-refractivity contribution in [3.8, 4) is 0 Å². The number of aryl methyl sites for hydroxylation is 1. The maximum absolute atomic E-state index is 12.4. The van der Waals surface area contributed by atoms with Crippen LogP contribution in [-0.4, -0.2) is 18.1 Å². The third kappa shape index (κ3) is 4.77. The summed E-state index contributed by atoms with van der Waals surface area (Å²) in [5, 5.41) is 0. The minimum Gasteiger partial charge on any atom is -0.248 e. The highest BCUT2D eigenvalue weighted by Crippen LogP contribution is 2.30. The van der Waals surface area contributed by atoms with Crippen LogP contribution in [0.5, 0.6) is 0 Å². The summed E-state index contributed by atoms with van der Waals surface area (Å²) in [6.45, 7) is 1.70. The second-order valence-corrected chi connectivity index (χ2v) is 3.68. The first-order chi connectivity index (χ1) is 8.08. The molecular formula is C11H9F6N. The van der Waals surface area contributed by atoms with Crippen molar-refractivity contribution in [1.82, 2.24) is 0 Å². The molecule has 0 aliphatic heterocycles. The van der Waals surface area contributed by atoms with Crippen molar-refractivity contribution in [3.63, 3.8) is 0 Å². The largest absolute Gasteiger partial charge is 0.429 e. The van der Waals surface area contributed by atoms with Crippen molar-refractivity contribution in [2.45, 2.75) is 25.7 Å². The molecule has 0 saturated carbocycles. The molecule has 0 aliphatic rings. The lowest BCUT2D eigenvalue weighted by atomic mass is 10.2. The summed E-state index contributed by atoms with van der Waals surface area (Å²) in [6, 6.07) is 5.41. The molecule has 1 rings (SSSR count). The van der Waals surface area contributed by atoms with E-state index >= 15 is 0 Å². The molecule has 0 fully saturated rings. The van der Waals surface area contributed by atoms with E-state index in [0.717, 1.165) is 5.56 Å². The van der Waals surface area contributed by atoms with Gasteiger partial charge in [0.15, 0.2) is 0 Å². The normalized spacial score (nSPS) is 13.8. The zero-order valence-corrected chi connectivity index (χ0v) is 9.23. The van der Waals surface area contributed by atoms with Crippen LogP contribution in [0.3, 0.4) is 0 Å². The minimum absolute atomic E-state index is 0.155. The maximum atomic E-state index is 12.4. The van der Waals surface area contributed by atoms with E-state index in [0.29, 0.717) is 0 Å². The molecule has 0 amide bonds. The van der Waals surface area contributed by atoms with Crippen molar-refractivity contribution in [2.75, 3.05) is 0 Å². The summed E-state index contributed by atoms with van der Waals surface area (Å²) in [5.74, 6) is 0. The molecule has 0 aliphatic carbocycles. The SMILES string of the molecule is Cc1ccc(N=C(CC(F)(F)F)C(F)(F)F)cc1. The first kappa shape index (κ1) is 14.5. The molecule has 0 aromatic heterocycles. The van der Waals surface area contributed by atoms with Gasteiger partial charge in [0.1, 0.15) is 5.71 Å². The second-order valence-electron chi connectivity index (χ2n) is 3.68. The van der Waals surface area contributed by atoms with Crippen LogP contribution in [0.15, 0.2) is 29.3 Å². The Labute approximate surface area is 99.1 Å². The molecule has 0 bridgehead atoms. The van der Waals surface area contributed by atoms with Gasteiger partial charge in [-0.2, -0.15) is 26.3 Å². The standard InChI is InChI=1S/C11H9F6N/c1-7-2-4-8(5-3-7)18-9(11(15,16)17)6-10(12,13)14/h2-5H,6H2,1H3. The topological polar surface area (TPSA) is 12.4 Å². The molecular weight excluding hydrogens is 260 g/mol. The summed E-state index contributed by atoms with van der Waals surface area (Å²) < 4.78 is 73.2. The summed E-state index contributed by atoms with van der Waals surface area (Å²) in [4.78, 5) is 3.03. The van der Waals surface area contributed by atoms with Crippen LogP contribution in [0.4, 0.5) is 32.0 Å². The zero-order chi connectivity index (χ0) is 14.0. The van der Waals surface area contributed by atoms with Crippen LogP contribution >= 0.6 is 0 Å². The quantitative estimate of drug-likeness (QED) is 0.550. The Balaban J connectivity index is 3.07. The number of nitrogens with zero attached hydrogens (tertiary/aromatic N) is 1. The summed E-state index contributed by atoms with van der Waals surface area (Å²) >= 11 is 0. The molecule has 0 atom stereocenters. The number of benzene rings is 1. The molecule has 0 N–H and O–H groups in total. The third-order valence-corrected chi connectivity index (χ3v) is 1.99. The average molecular weight is 269 g/mol. The lowest BCUT2D eigenvalue weighted by molar-refractivity contribution is -0.130. The van der Waals surface area contributed by atoms with Crippen molar-refractivity contribution in [2.24, 2.45) is 4.99 Å². The molecule has 7 heteroatoms. The third-order valence-electron chi connectivity index (χ3n) is 1.99. The Morgan fingerprint density at radius 2 is 1.50 bits per heavy atom. The number of rotatable bonds is 2. The van der Waals surface area contributed by atoms with Crippen LogP contribution in [0, 0.1) is 6.92 Å². The molecule has 100 valence electrons. The van der Waals surface area contributed by atoms with Gasteiger partial charge in [-0.3, -0.25) is 0 Å². The van der Waals surface area contributed by atoms with Crippen LogP contribution in [0.1, 0.15) is 12.0 Å². The Bertz CT molecular complexity index is 426. The van der Waals surface area contributed by atoms with Gasteiger partial charge >= 0.3 is 12.4 Å². The smallest absolute Gasteiger partial charge is 0.248 e. The van der Waals surface area contributed by atoms with Crippen molar-refractivity contribution < 1.29 is 26.3 Å². The van der Waals surface area contributed by atoms with Gasteiger partial charge in [0.05, 0.1) is 12.1 Å². The summed E-state index contributed by atoms with van der Waals surface area (Å²) in [6.07, 6.45) is -12.1. The van der Waals surface area contributed by atoms with Gasteiger partial charge in [0.2, 0.25) is 0 Å². The maximum Gasteiger partial charge on any atom is 0.429 e. The predicted octanol–water partition coefficient (Wildman–Crippen LogP) is 4.58. The van der Waals surface area contributed by atoms with Crippen LogP contribution < -0.4 is 0 Å². The minimum atomic E-state index is -5.10. The zero-order valence-electron chi connectivity index (χ0n) is 9.23. The number of hydrogen-bond acceptors (Lipinski definition) is 1. The van der Waals surface area contributed by atoms with Crippen molar-refractivity contribution in [3.05, 3.63) is 29.8 Å². The highest BCUT2D eigenvalue weighted by Gasteiger charge is 2.43. The second kappa shape index (κ2) is 4.99. The van der Waals surface area contributed by atoms with Gasteiger partial charge in [0, 0.05) is 0 Å². The first-order valence-electron chi connectivity index (χ1n) is 4.86. The monoisotopic (exact) mass is 269 g/mol. The van der Waals surface area contributed by atoms with Gasteiger partial charge < -0.3 is 0 Å². The molecule has 0 radical (unpaired) electrons. The fraction of sp³-hybridized carbons (Fsp3) is 0.364.